The molecule has 0 aliphatic carbocycles. The maximum Gasteiger partial charge on any atom is 0.311 e. The summed E-state index contributed by atoms with van der Waals surface area (Å²) in [4.78, 5) is 38.4. The lowest BCUT2D eigenvalue weighted by Crippen LogP contribution is -2.28. The van der Waals surface area contributed by atoms with E-state index in [9.17, 15) is 14.4 Å². The van der Waals surface area contributed by atoms with Gasteiger partial charge >= 0.3 is 5.97 Å². The Morgan fingerprint density at radius 2 is 1.93 bits per heavy atom. The molecule has 30 heavy (non-hydrogen) atoms. The Hall–Kier alpha value is -2.09. The normalized spacial score (nSPS) is 16.0. The number of ether oxygens (including phenoxy) is 1. The van der Waals surface area contributed by atoms with Crippen LogP contribution in [0.5, 0.6) is 0 Å². The van der Waals surface area contributed by atoms with Crippen LogP contribution >= 0.6 is 39.1 Å². The molecule has 1 fully saturated rings. The highest BCUT2D eigenvalue weighted by atomic mass is 79.9. The summed E-state index contributed by atoms with van der Waals surface area (Å²) in [6.45, 7) is 3.51. The van der Waals surface area contributed by atoms with Crippen LogP contribution in [0.15, 0.2) is 34.8 Å². The number of carbonyl (C=O) groups excluding carboxylic acids is 3. The number of rotatable bonds is 5. The number of nitrogens with one attached hydrogen (secondary N) is 1. The summed E-state index contributed by atoms with van der Waals surface area (Å²) in [6, 6.07) is 8.57. The van der Waals surface area contributed by atoms with Gasteiger partial charge in [0, 0.05) is 23.1 Å². The zero-order valence-corrected chi connectivity index (χ0v) is 19.4. The third kappa shape index (κ3) is 4.79. The molecule has 1 aliphatic rings. The zero-order chi connectivity index (χ0) is 22.0. The van der Waals surface area contributed by atoms with Crippen molar-refractivity contribution in [3.63, 3.8) is 0 Å². The molecule has 9 heteroatoms. The van der Waals surface area contributed by atoms with Crippen LogP contribution in [0.25, 0.3) is 0 Å². The predicted octanol–water partition coefficient (Wildman–Crippen LogP) is 4.91. The second-order valence-corrected chi connectivity index (χ2v) is 8.62. The number of nitrogens with zero attached hydrogens (tertiary/aromatic N) is 1. The van der Waals surface area contributed by atoms with Crippen molar-refractivity contribution in [2.75, 3.05) is 23.4 Å². The van der Waals surface area contributed by atoms with Gasteiger partial charge in [-0.2, -0.15) is 0 Å². The van der Waals surface area contributed by atoms with Crippen molar-refractivity contribution in [3.8, 4) is 0 Å². The topological polar surface area (TPSA) is 75.7 Å². The average Bonchev–Trinajstić information content (AvgIpc) is 3.10. The van der Waals surface area contributed by atoms with Crippen molar-refractivity contribution < 1.29 is 19.1 Å². The molecule has 6 nitrogen and oxygen atoms in total. The van der Waals surface area contributed by atoms with Gasteiger partial charge in [-0.05, 0) is 49.2 Å². The van der Waals surface area contributed by atoms with Gasteiger partial charge < -0.3 is 15.0 Å². The quantitative estimate of drug-likeness (QED) is 0.576. The second-order valence-electron chi connectivity index (χ2n) is 6.98. The van der Waals surface area contributed by atoms with E-state index in [0.29, 0.717) is 16.4 Å². The minimum absolute atomic E-state index is 0.0195. The summed E-state index contributed by atoms with van der Waals surface area (Å²) in [5, 5.41) is 3.31. The van der Waals surface area contributed by atoms with Gasteiger partial charge in [0.2, 0.25) is 5.91 Å². The number of carbonyl (C=O) groups is 3. The molecule has 0 saturated carbocycles. The monoisotopic (exact) mass is 512 g/mol. The molecule has 2 aromatic rings. The standard InChI is InChI=1S/C21H19BrCl2N2O4/c1-11-12(2)16(7-6-14(11)22)25-18(27)10-30-21(29)13-8-19(28)26(9-13)17-5-3-4-15(23)20(17)24/h3-7,13H,8-10H2,1-2H3,(H,25,27)/t13-/m1/s1. The number of amides is 2. The van der Waals surface area contributed by atoms with Gasteiger partial charge in [0.05, 0.1) is 21.7 Å². The first-order valence-electron chi connectivity index (χ1n) is 9.15. The summed E-state index contributed by atoms with van der Waals surface area (Å²) < 4.78 is 6.09. The Kier molecular flexibility index (Phi) is 7.06. The number of halogens is 3. The molecule has 0 aromatic heterocycles. The molecule has 1 atom stereocenters. The molecule has 2 aromatic carbocycles. The molecule has 0 bridgehead atoms. The van der Waals surface area contributed by atoms with Crippen LogP contribution in [-0.4, -0.2) is 30.9 Å². The summed E-state index contributed by atoms with van der Waals surface area (Å²) in [6.07, 6.45) is -0.0195. The SMILES string of the molecule is Cc1c(Br)ccc(NC(=O)COC(=O)[C@@H]2CC(=O)N(c3cccc(Cl)c3Cl)C2)c1C. The summed E-state index contributed by atoms with van der Waals surface area (Å²) in [5.74, 6) is -2.00. The molecule has 1 saturated heterocycles. The number of benzene rings is 2. The first-order valence-corrected chi connectivity index (χ1v) is 10.7. The average molecular weight is 514 g/mol. The van der Waals surface area contributed by atoms with E-state index in [-0.39, 0.29) is 23.9 Å². The Labute approximate surface area is 192 Å². The summed E-state index contributed by atoms with van der Waals surface area (Å²) >= 11 is 15.6. The van der Waals surface area contributed by atoms with Crippen molar-refractivity contribution in [2.24, 2.45) is 5.92 Å². The lowest BCUT2D eigenvalue weighted by atomic mass is 10.1. The van der Waals surface area contributed by atoms with Gasteiger partial charge in [0.25, 0.3) is 5.91 Å². The number of anilines is 2. The zero-order valence-electron chi connectivity index (χ0n) is 16.3. The van der Waals surface area contributed by atoms with E-state index in [4.69, 9.17) is 27.9 Å². The lowest BCUT2D eigenvalue weighted by molar-refractivity contribution is -0.151. The third-order valence-corrected chi connectivity index (χ3v) is 6.69. The van der Waals surface area contributed by atoms with Crippen LogP contribution in [-0.2, 0) is 19.1 Å². The molecule has 1 N–H and O–H groups in total. The molecular weight excluding hydrogens is 495 g/mol. The first-order chi connectivity index (χ1) is 14.2. The van der Waals surface area contributed by atoms with E-state index in [0.717, 1.165) is 15.6 Å². The Morgan fingerprint density at radius 3 is 2.67 bits per heavy atom. The highest BCUT2D eigenvalue weighted by molar-refractivity contribution is 9.10. The lowest BCUT2D eigenvalue weighted by Gasteiger charge is -2.18. The van der Waals surface area contributed by atoms with Crippen LogP contribution in [0.3, 0.4) is 0 Å². The van der Waals surface area contributed by atoms with Crippen LogP contribution in [0.1, 0.15) is 17.5 Å². The molecule has 2 amide bonds. The molecule has 0 spiro atoms. The van der Waals surface area contributed by atoms with Gasteiger partial charge in [0.1, 0.15) is 0 Å². The molecule has 1 aliphatic heterocycles. The van der Waals surface area contributed by atoms with Gasteiger partial charge in [0.15, 0.2) is 6.61 Å². The van der Waals surface area contributed by atoms with Gasteiger partial charge in [-0.3, -0.25) is 14.4 Å². The van der Waals surface area contributed by atoms with Crippen molar-refractivity contribution >= 4 is 68.3 Å². The van der Waals surface area contributed by atoms with E-state index in [1.807, 2.05) is 19.9 Å². The molecule has 0 unspecified atom stereocenters. The number of hydrogen-bond acceptors (Lipinski definition) is 4. The molecule has 0 radical (unpaired) electrons. The van der Waals surface area contributed by atoms with Gasteiger partial charge in [-0.1, -0.05) is 45.2 Å². The van der Waals surface area contributed by atoms with Gasteiger partial charge in [-0.25, -0.2) is 0 Å². The van der Waals surface area contributed by atoms with Crippen molar-refractivity contribution in [1.29, 1.82) is 0 Å². The van der Waals surface area contributed by atoms with E-state index >= 15 is 0 Å². The number of hydrogen-bond donors (Lipinski definition) is 1. The molecular formula is C21H19BrCl2N2O4. The van der Waals surface area contributed by atoms with Crippen LogP contribution in [0.2, 0.25) is 10.0 Å². The summed E-state index contributed by atoms with van der Waals surface area (Å²) in [7, 11) is 0. The highest BCUT2D eigenvalue weighted by Gasteiger charge is 2.37. The largest absolute Gasteiger partial charge is 0.455 e. The Balaban J connectivity index is 1.58. The smallest absolute Gasteiger partial charge is 0.311 e. The van der Waals surface area contributed by atoms with E-state index in [1.54, 1.807) is 24.3 Å². The molecule has 1 heterocycles. The fourth-order valence-electron chi connectivity index (χ4n) is 3.16. The summed E-state index contributed by atoms with van der Waals surface area (Å²) in [5.41, 5.74) is 3.02. The van der Waals surface area contributed by atoms with Crippen LogP contribution in [0, 0.1) is 19.8 Å². The maximum atomic E-state index is 12.4. The van der Waals surface area contributed by atoms with Crippen LogP contribution in [0.4, 0.5) is 11.4 Å². The first kappa shape index (κ1) is 22.6. The predicted molar refractivity (Wildman–Crippen MR) is 120 cm³/mol. The maximum absolute atomic E-state index is 12.4. The fourth-order valence-corrected chi connectivity index (χ4v) is 3.99. The van der Waals surface area contributed by atoms with Gasteiger partial charge in [-0.15, -0.1) is 0 Å². The number of esters is 1. The van der Waals surface area contributed by atoms with Crippen molar-refractivity contribution in [2.45, 2.75) is 20.3 Å². The van der Waals surface area contributed by atoms with E-state index < -0.39 is 24.4 Å². The molecule has 158 valence electrons. The van der Waals surface area contributed by atoms with E-state index in [1.165, 1.54) is 4.90 Å². The second kappa shape index (κ2) is 9.37. The Morgan fingerprint density at radius 1 is 1.20 bits per heavy atom. The minimum Gasteiger partial charge on any atom is -0.455 e. The van der Waals surface area contributed by atoms with E-state index in [2.05, 4.69) is 21.2 Å². The molecule has 3 rings (SSSR count). The minimum atomic E-state index is -0.683. The highest BCUT2D eigenvalue weighted by Crippen LogP contribution is 2.36. The van der Waals surface area contributed by atoms with Crippen molar-refractivity contribution in [1.82, 2.24) is 0 Å². The Bertz CT molecular complexity index is 1030. The fraction of sp³-hybridized carbons (Fsp3) is 0.286. The van der Waals surface area contributed by atoms with Crippen LogP contribution < -0.4 is 10.2 Å². The van der Waals surface area contributed by atoms with Crippen molar-refractivity contribution in [3.05, 3.63) is 56.0 Å². The third-order valence-electron chi connectivity index (χ3n) is 5.02.